The van der Waals surface area contributed by atoms with Crippen LogP contribution in [-0.2, 0) is 9.59 Å². The van der Waals surface area contributed by atoms with E-state index in [1.165, 1.54) is 19.6 Å². The molecule has 0 bridgehead atoms. The lowest BCUT2D eigenvalue weighted by atomic mass is 9.70. The fourth-order valence-corrected chi connectivity index (χ4v) is 7.03. The lowest BCUT2D eigenvalue weighted by Crippen LogP contribution is -2.50. The van der Waals surface area contributed by atoms with E-state index in [1.54, 1.807) is 6.92 Å². The number of hydrogen-bond donors (Lipinski definition) is 3. The van der Waals surface area contributed by atoms with Crippen molar-refractivity contribution in [1.29, 1.82) is 0 Å². The number of carbonyl (C=O) groups excluding carboxylic acids is 2. The van der Waals surface area contributed by atoms with Crippen LogP contribution < -0.4 is 20.1 Å². The van der Waals surface area contributed by atoms with E-state index < -0.39 is 23.1 Å². The smallest absolute Gasteiger partial charge is 0.309 e. The third-order valence-corrected chi connectivity index (χ3v) is 10.2. The highest BCUT2D eigenvalue weighted by atomic mass is 19.1. The third-order valence-electron chi connectivity index (χ3n) is 10.2. The van der Waals surface area contributed by atoms with Gasteiger partial charge < -0.3 is 25.2 Å². The van der Waals surface area contributed by atoms with E-state index in [4.69, 9.17) is 9.47 Å². The Bertz CT molecular complexity index is 1140. The Labute approximate surface area is 229 Å². The highest BCUT2D eigenvalue weighted by Gasteiger charge is 2.60. The summed E-state index contributed by atoms with van der Waals surface area (Å²) in [6.07, 6.45) is 5.91. The summed E-state index contributed by atoms with van der Waals surface area (Å²) >= 11 is 0. The van der Waals surface area contributed by atoms with Crippen LogP contribution in [0, 0.1) is 40.3 Å². The van der Waals surface area contributed by atoms with Gasteiger partial charge in [0.2, 0.25) is 5.91 Å². The van der Waals surface area contributed by atoms with E-state index in [-0.39, 0.29) is 58.3 Å². The molecule has 4 saturated carbocycles. The summed E-state index contributed by atoms with van der Waals surface area (Å²) in [6.45, 7) is 6.67. The fraction of sp³-hybridized carbons (Fsp3) is 0.700. The van der Waals surface area contributed by atoms with Crippen molar-refractivity contribution in [3.05, 3.63) is 23.5 Å². The SMILES string of the molecule is COc1cc(F)c(OC2CCC(C)(C(=O)O)CC2)cc1C(=O)NC1[C@@H]2CC2[C@@H](C)[C@@H]1C(=O)NCC1(C)CCC1. The van der Waals surface area contributed by atoms with Gasteiger partial charge in [0.25, 0.3) is 5.91 Å². The maximum absolute atomic E-state index is 14.9. The van der Waals surface area contributed by atoms with Crippen molar-refractivity contribution in [2.24, 2.45) is 34.5 Å². The zero-order chi connectivity index (χ0) is 28.1. The summed E-state index contributed by atoms with van der Waals surface area (Å²) in [5.74, 6) is -1.34. The van der Waals surface area contributed by atoms with Crippen molar-refractivity contribution in [3.63, 3.8) is 0 Å². The van der Waals surface area contributed by atoms with Crippen LogP contribution >= 0.6 is 0 Å². The molecule has 2 amide bonds. The second-order valence-electron chi connectivity index (χ2n) is 13.0. The Morgan fingerprint density at radius 2 is 1.77 bits per heavy atom. The lowest BCUT2D eigenvalue weighted by molar-refractivity contribution is -0.150. The van der Waals surface area contributed by atoms with Crippen molar-refractivity contribution in [3.8, 4) is 11.5 Å². The average molecular weight is 545 g/mol. The number of rotatable bonds is 9. The number of nitrogens with one attached hydrogen (secondary N) is 2. The van der Waals surface area contributed by atoms with E-state index >= 15 is 0 Å². The molecule has 4 aliphatic rings. The molecule has 0 heterocycles. The normalized spacial score (nSPS) is 34.3. The number of ether oxygens (including phenoxy) is 2. The first-order valence-electron chi connectivity index (χ1n) is 14.3. The van der Waals surface area contributed by atoms with Crippen molar-refractivity contribution < 1.29 is 33.4 Å². The first-order chi connectivity index (χ1) is 18.4. The summed E-state index contributed by atoms with van der Waals surface area (Å²) in [5.41, 5.74) is -0.486. The van der Waals surface area contributed by atoms with Gasteiger partial charge in [-0.05, 0) is 81.1 Å². The van der Waals surface area contributed by atoms with Crippen LogP contribution in [0.15, 0.2) is 12.1 Å². The Morgan fingerprint density at radius 3 is 2.36 bits per heavy atom. The predicted octanol–water partition coefficient (Wildman–Crippen LogP) is 4.55. The number of methoxy groups -OCH3 is 1. The van der Waals surface area contributed by atoms with Crippen LogP contribution in [0.25, 0.3) is 0 Å². The second kappa shape index (κ2) is 10.3. The second-order valence-corrected chi connectivity index (χ2v) is 13.0. The van der Waals surface area contributed by atoms with Gasteiger partial charge in [0.1, 0.15) is 5.75 Å². The molecule has 1 aromatic rings. The van der Waals surface area contributed by atoms with Gasteiger partial charge >= 0.3 is 5.97 Å². The number of hydrogen-bond acceptors (Lipinski definition) is 5. The minimum atomic E-state index is -0.834. The van der Waals surface area contributed by atoms with Crippen molar-refractivity contribution in [2.75, 3.05) is 13.7 Å². The lowest BCUT2D eigenvalue weighted by Gasteiger charge is -2.39. The van der Waals surface area contributed by atoms with E-state index in [0.717, 1.165) is 25.3 Å². The number of benzene rings is 1. The summed E-state index contributed by atoms with van der Waals surface area (Å²) in [7, 11) is 1.38. The van der Waals surface area contributed by atoms with Gasteiger partial charge in [-0.1, -0.05) is 20.3 Å². The van der Waals surface area contributed by atoms with Crippen LogP contribution in [0.1, 0.15) is 82.5 Å². The number of carboxylic acids is 1. The van der Waals surface area contributed by atoms with Gasteiger partial charge in [-0.25, -0.2) is 4.39 Å². The van der Waals surface area contributed by atoms with Crippen LogP contribution in [0.5, 0.6) is 11.5 Å². The zero-order valence-electron chi connectivity index (χ0n) is 23.3. The Balaban J connectivity index is 1.28. The monoisotopic (exact) mass is 544 g/mol. The van der Waals surface area contributed by atoms with Gasteiger partial charge in [0, 0.05) is 18.7 Å². The Hall–Kier alpha value is -2.84. The van der Waals surface area contributed by atoms with E-state index in [2.05, 4.69) is 24.5 Å². The number of halogens is 1. The molecule has 9 heteroatoms. The molecule has 1 aromatic carbocycles. The minimum Gasteiger partial charge on any atom is -0.496 e. The summed E-state index contributed by atoms with van der Waals surface area (Å²) in [4.78, 5) is 38.4. The van der Waals surface area contributed by atoms with Crippen LogP contribution in [-0.4, -0.2) is 48.7 Å². The first kappa shape index (κ1) is 27.7. The van der Waals surface area contributed by atoms with Crippen LogP contribution in [0.3, 0.4) is 0 Å². The number of carbonyl (C=O) groups is 3. The Kier molecular flexibility index (Phi) is 7.31. The molecule has 214 valence electrons. The maximum Gasteiger partial charge on any atom is 0.309 e. The van der Waals surface area contributed by atoms with Crippen molar-refractivity contribution >= 4 is 17.8 Å². The van der Waals surface area contributed by atoms with Gasteiger partial charge in [-0.3, -0.25) is 14.4 Å². The summed E-state index contributed by atoms with van der Waals surface area (Å²) < 4.78 is 26.2. The van der Waals surface area contributed by atoms with E-state index in [1.807, 2.05) is 0 Å². The van der Waals surface area contributed by atoms with Crippen LogP contribution in [0.4, 0.5) is 4.39 Å². The highest BCUT2D eigenvalue weighted by Crippen LogP contribution is 2.58. The molecule has 4 fully saturated rings. The number of carboxylic acid groups (broad SMARTS) is 1. The van der Waals surface area contributed by atoms with Gasteiger partial charge in [0.15, 0.2) is 11.6 Å². The number of amides is 2. The molecule has 5 atom stereocenters. The standard InChI is InChI=1S/C30H41FN2O6/c1-16-18-12-19(18)25(24(16)27(35)32-15-29(2)8-5-9-29)33-26(34)20-13-23(21(31)14-22(20)38-4)39-17-6-10-30(3,11-7-17)28(36)37/h13-14,16-19,24-25H,5-12,15H2,1-4H3,(H,32,35)(H,33,34)(H,36,37)/t16-,17?,18?,19-,24+,25?,30?/m1/s1. The largest absolute Gasteiger partial charge is 0.496 e. The molecule has 2 unspecified atom stereocenters. The summed E-state index contributed by atoms with van der Waals surface area (Å²) in [6, 6.07) is 2.22. The minimum absolute atomic E-state index is 0.00567. The number of aliphatic carboxylic acids is 1. The Morgan fingerprint density at radius 1 is 1.08 bits per heavy atom. The molecule has 0 aromatic heterocycles. The molecule has 8 nitrogen and oxygen atoms in total. The molecule has 0 saturated heterocycles. The molecular formula is C30H41FN2O6. The quantitative estimate of drug-likeness (QED) is 0.420. The predicted molar refractivity (Wildman–Crippen MR) is 142 cm³/mol. The molecule has 39 heavy (non-hydrogen) atoms. The molecular weight excluding hydrogens is 503 g/mol. The van der Waals surface area contributed by atoms with Crippen molar-refractivity contribution in [1.82, 2.24) is 10.6 Å². The average Bonchev–Trinajstić information content (AvgIpc) is 3.64. The molecule has 4 aliphatic carbocycles. The third kappa shape index (κ3) is 5.33. The highest BCUT2D eigenvalue weighted by molar-refractivity contribution is 5.98. The fourth-order valence-electron chi connectivity index (χ4n) is 7.03. The van der Waals surface area contributed by atoms with E-state index in [0.29, 0.717) is 38.1 Å². The first-order valence-corrected chi connectivity index (χ1v) is 14.3. The molecule has 3 N–H and O–H groups in total. The van der Waals surface area contributed by atoms with Gasteiger partial charge in [-0.2, -0.15) is 0 Å². The summed E-state index contributed by atoms with van der Waals surface area (Å²) in [5, 5.41) is 15.7. The molecule has 0 radical (unpaired) electrons. The van der Waals surface area contributed by atoms with Gasteiger partial charge in [0.05, 0.1) is 30.1 Å². The zero-order valence-corrected chi connectivity index (χ0v) is 23.3. The van der Waals surface area contributed by atoms with E-state index in [9.17, 15) is 23.9 Å². The van der Waals surface area contributed by atoms with Crippen molar-refractivity contribution in [2.45, 2.75) is 84.3 Å². The molecule has 0 spiro atoms. The van der Waals surface area contributed by atoms with Gasteiger partial charge in [-0.15, -0.1) is 0 Å². The molecule has 0 aliphatic heterocycles. The van der Waals surface area contributed by atoms with Crippen LogP contribution in [0.2, 0.25) is 0 Å². The molecule has 5 rings (SSSR count). The maximum atomic E-state index is 14.9. The topological polar surface area (TPSA) is 114 Å². The number of fused-ring (bicyclic) bond motifs is 1.